The second kappa shape index (κ2) is 7.60. The number of carbonyl (C=O) groups excluding carboxylic acids is 4. The van der Waals surface area contributed by atoms with Gasteiger partial charge in [0.25, 0.3) is 11.8 Å². The minimum atomic E-state index is -0.460. The van der Waals surface area contributed by atoms with Crippen molar-refractivity contribution in [1.29, 1.82) is 0 Å². The lowest BCUT2D eigenvalue weighted by Crippen LogP contribution is -2.50. The van der Waals surface area contributed by atoms with Crippen molar-refractivity contribution in [2.75, 3.05) is 0 Å². The van der Waals surface area contributed by atoms with Crippen molar-refractivity contribution in [3.05, 3.63) is 70.3 Å². The van der Waals surface area contributed by atoms with Crippen molar-refractivity contribution in [1.82, 2.24) is 15.5 Å². The van der Waals surface area contributed by atoms with Crippen LogP contribution in [0.1, 0.15) is 50.2 Å². The van der Waals surface area contributed by atoms with Crippen molar-refractivity contribution in [2.24, 2.45) is 0 Å². The van der Waals surface area contributed by atoms with E-state index in [1.807, 2.05) is 24.0 Å². The van der Waals surface area contributed by atoms with E-state index in [9.17, 15) is 19.2 Å². The van der Waals surface area contributed by atoms with Crippen molar-refractivity contribution in [3.8, 4) is 0 Å². The Morgan fingerprint density at radius 3 is 2.62 bits per heavy atom. The summed E-state index contributed by atoms with van der Waals surface area (Å²) in [5.41, 5.74) is 3.55. The van der Waals surface area contributed by atoms with Gasteiger partial charge in [0.05, 0.1) is 6.04 Å². The second-order valence-corrected chi connectivity index (χ2v) is 7.47. The first-order valence-electron chi connectivity index (χ1n) is 9.53. The van der Waals surface area contributed by atoms with Crippen LogP contribution in [0.25, 0.3) is 0 Å². The van der Waals surface area contributed by atoms with Crippen LogP contribution in [0, 0.1) is 6.92 Å². The van der Waals surface area contributed by atoms with Gasteiger partial charge in [0.1, 0.15) is 0 Å². The van der Waals surface area contributed by atoms with Gasteiger partial charge in [0.2, 0.25) is 11.8 Å². The number of nitrogens with zero attached hydrogens (tertiary/aromatic N) is 1. The molecule has 2 aliphatic heterocycles. The Morgan fingerprint density at radius 1 is 1.07 bits per heavy atom. The molecule has 2 N–H and O–H groups in total. The fraction of sp³-hybridized carbons (Fsp3) is 0.273. The molecule has 0 saturated carbocycles. The molecule has 7 nitrogen and oxygen atoms in total. The minimum Gasteiger partial charge on any atom is -0.295 e. The molecule has 2 aliphatic rings. The van der Waals surface area contributed by atoms with Crippen molar-refractivity contribution >= 4 is 23.6 Å². The van der Waals surface area contributed by atoms with Crippen LogP contribution in [0.4, 0.5) is 0 Å². The van der Waals surface area contributed by atoms with E-state index in [1.54, 1.807) is 30.3 Å². The SMILES string of the molecule is Cc1cccc(C(=O)NC(=O)c2cccc3c2CN(C2CCC(=O)NC2=O)C3)c1. The average Bonchev–Trinajstić information content (AvgIpc) is 3.11. The number of imide groups is 2. The average molecular weight is 391 g/mol. The summed E-state index contributed by atoms with van der Waals surface area (Å²) in [4.78, 5) is 50.8. The van der Waals surface area contributed by atoms with Crippen LogP contribution in [0.3, 0.4) is 0 Å². The zero-order chi connectivity index (χ0) is 20.5. The Balaban J connectivity index is 1.51. The predicted octanol–water partition coefficient (Wildman–Crippen LogP) is 1.69. The van der Waals surface area contributed by atoms with E-state index in [0.717, 1.165) is 16.7 Å². The zero-order valence-corrected chi connectivity index (χ0v) is 16.0. The first-order valence-corrected chi connectivity index (χ1v) is 9.53. The minimum absolute atomic E-state index is 0.252. The van der Waals surface area contributed by atoms with Crippen LogP contribution in [0.2, 0.25) is 0 Å². The molecule has 2 aromatic rings. The van der Waals surface area contributed by atoms with Gasteiger partial charge < -0.3 is 0 Å². The van der Waals surface area contributed by atoms with Crippen LogP contribution in [0.15, 0.2) is 42.5 Å². The standard InChI is InChI=1S/C22H21N3O4/c1-13-4-2-5-14(10-13)20(27)24-21(28)16-7-3-6-15-11-25(12-17(15)16)18-8-9-19(26)23-22(18)29/h2-7,10,18H,8-9,11-12H2,1H3,(H,23,26,29)(H,24,27,28). The van der Waals surface area contributed by atoms with Crippen LogP contribution in [0.5, 0.6) is 0 Å². The summed E-state index contributed by atoms with van der Waals surface area (Å²) in [6.45, 7) is 2.82. The van der Waals surface area contributed by atoms with E-state index in [0.29, 0.717) is 37.1 Å². The first-order chi connectivity index (χ1) is 13.9. The molecule has 0 aromatic heterocycles. The number of carbonyl (C=O) groups is 4. The maximum absolute atomic E-state index is 12.8. The third kappa shape index (κ3) is 3.82. The number of amides is 4. The smallest absolute Gasteiger partial charge is 0.258 e. The number of hydrogen-bond donors (Lipinski definition) is 2. The largest absolute Gasteiger partial charge is 0.295 e. The molecule has 4 amide bonds. The van der Waals surface area contributed by atoms with Crippen molar-refractivity contribution in [3.63, 3.8) is 0 Å². The molecule has 1 fully saturated rings. The molecule has 0 aliphatic carbocycles. The Kier molecular flexibility index (Phi) is 4.98. The van der Waals surface area contributed by atoms with E-state index in [2.05, 4.69) is 10.6 Å². The summed E-state index contributed by atoms with van der Waals surface area (Å²) < 4.78 is 0. The predicted molar refractivity (Wildman–Crippen MR) is 105 cm³/mol. The third-order valence-corrected chi connectivity index (χ3v) is 5.41. The highest BCUT2D eigenvalue weighted by molar-refractivity contribution is 6.11. The normalized spacial score (nSPS) is 18.9. The van der Waals surface area contributed by atoms with Crippen molar-refractivity contribution in [2.45, 2.75) is 38.9 Å². The van der Waals surface area contributed by atoms with Crippen LogP contribution >= 0.6 is 0 Å². The quantitative estimate of drug-likeness (QED) is 0.777. The molecule has 2 heterocycles. The van der Waals surface area contributed by atoms with Gasteiger partial charge in [0.15, 0.2) is 0 Å². The molecule has 4 rings (SSSR count). The number of piperidine rings is 1. The highest BCUT2D eigenvalue weighted by atomic mass is 16.2. The van der Waals surface area contributed by atoms with Gasteiger partial charge in [0, 0.05) is 30.6 Å². The van der Waals surface area contributed by atoms with E-state index >= 15 is 0 Å². The molecular weight excluding hydrogens is 370 g/mol. The lowest BCUT2D eigenvalue weighted by atomic mass is 10.0. The Hall–Kier alpha value is -3.32. The van der Waals surface area contributed by atoms with Gasteiger partial charge in [-0.15, -0.1) is 0 Å². The van der Waals surface area contributed by atoms with Gasteiger partial charge in [-0.25, -0.2) is 0 Å². The van der Waals surface area contributed by atoms with Crippen molar-refractivity contribution < 1.29 is 19.2 Å². The van der Waals surface area contributed by atoms with Gasteiger partial charge in [-0.1, -0.05) is 29.8 Å². The zero-order valence-electron chi connectivity index (χ0n) is 16.0. The number of fused-ring (bicyclic) bond motifs is 1. The molecule has 1 unspecified atom stereocenters. The molecular formula is C22H21N3O4. The Morgan fingerprint density at radius 2 is 1.86 bits per heavy atom. The van der Waals surface area contributed by atoms with E-state index in [1.165, 1.54) is 0 Å². The van der Waals surface area contributed by atoms with E-state index < -0.39 is 17.9 Å². The second-order valence-electron chi connectivity index (χ2n) is 7.47. The van der Waals surface area contributed by atoms with E-state index in [-0.39, 0.29) is 11.8 Å². The molecule has 0 bridgehead atoms. The molecule has 148 valence electrons. The summed E-state index contributed by atoms with van der Waals surface area (Å²) in [7, 11) is 0. The molecule has 1 saturated heterocycles. The molecule has 29 heavy (non-hydrogen) atoms. The molecule has 0 radical (unpaired) electrons. The van der Waals surface area contributed by atoms with Crippen LogP contribution in [-0.2, 0) is 22.7 Å². The highest BCUT2D eigenvalue weighted by Crippen LogP contribution is 2.29. The number of rotatable bonds is 3. The number of aryl methyl sites for hydroxylation is 1. The third-order valence-electron chi connectivity index (χ3n) is 5.41. The van der Waals surface area contributed by atoms with Gasteiger partial charge in [-0.05, 0) is 42.7 Å². The summed E-state index contributed by atoms with van der Waals surface area (Å²) in [5.74, 6) is -1.46. The van der Waals surface area contributed by atoms with Gasteiger partial charge in [-0.3, -0.25) is 34.7 Å². The summed E-state index contributed by atoms with van der Waals surface area (Å²) in [6, 6.07) is 12.0. The topological polar surface area (TPSA) is 95.6 Å². The number of hydrogen-bond acceptors (Lipinski definition) is 5. The molecule has 0 spiro atoms. The van der Waals surface area contributed by atoms with Crippen LogP contribution in [-0.4, -0.2) is 34.6 Å². The lowest BCUT2D eigenvalue weighted by Gasteiger charge is -2.29. The fourth-order valence-corrected chi connectivity index (χ4v) is 3.94. The monoisotopic (exact) mass is 391 g/mol. The number of nitrogens with one attached hydrogen (secondary N) is 2. The first kappa shape index (κ1) is 19.0. The van der Waals surface area contributed by atoms with Gasteiger partial charge in [-0.2, -0.15) is 0 Å². The number of benzene rings is 2. The van der Waals surface area contributed by atoms with Gasteiger partial charge >= 0.3 is 0 Å². The summed E-state index contributed by atoms with van der Waals surface area (Å²) in [5, 5.41) is 4.83. The maximum atomic E-state index is 12.8. The maximum Gasteiger partial charge on any atom is 0.258 e. The molecule has 7 heteroatoms. The Bertz CT molecular complexity index is 1030. The Labute approximate surface area is 168 Å². The fourth-order valence-electron chi connectivity index (χ4n) is 3.94. The van der Waals surface area contributed by atoms with E-state index in [4.69, 9.17) is 0 Å². The summed E-state index contributed by atoms with van der Waals surface area (Å²) in [6.07, 6.45) is 0.771. The molecule has 1 atom stereocenters. The lowest BCUT2D eigenvalue weighted by molar-refractivity contribution is -0.137. The summed E-state index contributed by atoms with van der Waals surface area (Å²) >= 11 is 0. The van der Waals surface area contributed by atoms with Crippen LogP contribution < -0.4 is 10.6 Å². The molecule has 2 aromatic carbocycles. The highest BCUT2D eigenvalue weighted by Gasteiger charge is 2.36.